The molecule has 3 heterocycles. The molecular formula is C16H20BFN2O2. The summed E-state index contributed by atoms with van der Waals surface area (Å²) in [6.07, 6.45) is 1.70. The Kier molecular flexibility index (Phi) is 3.42. The van der Waals surface area contributed by atoms with Crippen LogP contribution in [0.4, 0.5) is 4.39 Å². The van der Waals surface area contributed by atoms with Gasteiger partial charge in [-0.05, 0) is 52.8 Å². The maximum absolute atomic E-state index is 14.8. The molecule has 22 heavy (non-hydrogen) atoms. The van der Waals surface area contributed by atoms with Gasteiger partial charge >= 0.3 is 7.12 Å². The summed E-state index contributed by atoms with van der Waals surface area (Å²) in [6.45, 7) is 9.33. The van der Waals surface area contributed by atoms with Crippen LogP contribution >= 0.6 is 0 Å². The van der Waals surface area contributed by atoms with Gasteiger partial charge in [0.25, 0.3) is 0 Å². The monoisotopic (exact) mass is 302 g/mol. The van der Waals surface area contributed by atoms with Crippen molar-refractivity contribution < 1.29 is 13.7 Å². The zero-order chi connectivity index (χ0) is 16.1. The van der Waals surface area contributed by atoms with Crippen molar-refractivity contribution in [2.45, 2.75) is 45.8 Å². The number of nitrogens with one attached hydrogen (secondary N) is 1. The first kappa shape index (κ1) is 15.2. The molecule has 0 spiro atoms. The minimum absolute atomic E-state index is 0.412. The molecule has 1 fully saturated rings. The second-order valence-corrected chi connectivity index (χ2v) is 6.69. The Hall–Kier alpha value is -1.66. The fourth-order valence-electron chi connectivity index (χ4n) is 2.41. The molecule has 4 nitrogen and oxygen atoms in total. The molecule has 1 N–H and O–H groups in total. The van der Waals surface area contributed by atoms with Crippen LogP contribution in [-0.4, -0.2) is 28.3 Å². The fourth-order valence-corrected chi connectivity index (χ4v) is 2.41. The molecule has 0 saturated carbocycles. The molecule has 0 unspecified atom stereocenters. The Morgan fingerprint density at radius 2 is 1.86 bits per heavy atom. The lowest BCUT2D eigenvalue weighted by atomic mass is 9.84. The van der Waals surface area contributed by atoms with Crippen molar-refractivity contribution in [3.8, 4) is 0 Å². The molecule has 2 aromatic rings. The number of nitrogens with zero attached hydrogens (tertiary/aromatic N) is 1. The number of pyridine rings is 1. The quantitative estimate of drug-likeness (QED) is 0.856. The zero-order valence-corrected chi connectivity index (χ0v) is 13.5. The highest BCUT2D eigenvalue weighted by atomic mass is 19.1. The van der Waals surface area contributed by atoms with E-state index in [1.165, 1.54) is 0 Å². The van der Waals surface area contributed by atoms with E-state index in [0.717, 1.165) is 11.0 Å². The summed E-state index contributed by atoms with van der Waals surface area (Å²) in [7, 11) is -0.982. The van der Waals surface area contributed by atoms with Gasteiger partial charge in [-0.2, -0.15) is 0 Å². The van der Waals surface area contributed by atoms with Crippen molar-refractivity contribution in [1.29, 1.82) is 0 Å². The van der Waals surface area contributed by atoms with E-state index in [-0.39, 0.29) is 0 Å². The predicted octanol–water partition coefficient (Wildman–Crippen LogP) is 3.89. The third-order valence-corrected chi connectivity index (χ3v) is 4.61. The highest BCUT2D eigenvalue weighted by Gasteiger charge is 2.53. The molecule has 6 heteroatoms. The van der Waals surface area contributed by atoms with Crippen LogP contribution in [0.1, 0.15) is 40.3 Å². The van der Waals surface area contributed by atoms with Crippen LogP contribution in [-0.2, 0) is 9.31 Å². The first-order chi connectivity index (χ1) is 10.2. The molecule has 1 aliphatic heterocycles. The van der Waals surface area contributed by atoms with Crippen molar-refractivity contribution in [3.63, 3.8) is 0 Å². The van der Waals surface area contributed by atoms with Crippen LogP contribution < -0.4 is 0 Å². The molecule has 1 aliphatic rings. The number of H-pyrrole nitrogens is 1. The van der Waals surface area contributed by atoms with Crippen molar-refractivity contribution in [1.82, 2.24) is 9.97 Å². The first-order valence-corrected chi connectivity index (χ1v) is 7.37. The van der Waals surface area contributed by atoms with E-state index in [1.807, 2.05) is 45.9 Å². The maximum atomic E-state index is 14.8. The number of fused-ring (bicyclic) bond motifs is 1. The zero-order valence-electron chi connectivity index (χ0n) is 13.5. The fraction of sp³-hybridized carbons (Fsp3) is 0.438. The summed E-state index contributed by atoms with van der Waals surface area (Å²) in [4.78, 5) is 7.35. The number of hydrogen-bond acceptors (Lipinski definition) is 3. The summed E-state index contributed by atoms with van der Waals surface area (Å²) in [6, 6.07) is 5.66. The second kappa shape index (κ2) is 4.93. The van der Waals surface area contributed by atoms with Crippen LogP contribution in [0.25, 0.3) is 16.6 Å². The summed E-state index contributed by atoms with van der Waals surface area (Å²) in [5.41, 5.74) is 0.357. The summed E-state index contributed by atoms with van der Waals surface area (Å²) < 4.78 is 26.3. The van der Waals surface area contributed by atoms with E-state index in [0.29, 0.717) is 11.3 Å². The van der Waals surface area contributed by atoms with E-state index in [2.05, 4.69) is 9.97 Å². The summed E-state index contributed by atoms with van der Waals surface area (Å²) >= 11 is 0. The Bertz CT molecular complexity index is 702. The lowest BCUT2D eigenvalue weighted by Crippen LogP contribution is -2.41. The van der Waals surface area contributed by atoms with Gasteiger partial charge in [0.1, 0.15) is 11.4 Å². The van der Waals surface area contributed by atoms with Gasteiger partial charge in [-0.15, -0.1) is 0 Å². The normalized spacial score (nSPS) is 21.3. The van der Waals surface area contributed by atoms with Crippen LogP contribution in [0.15, 0.2) is 30.1 Å². The van der Waals surface area contributed by atoms with Gasteiger partial charge in [0.05, 0.1) is 11.2 Å². The minimum atomic E-state index is -0.982. The molecule has 1 saturated heterocycles. The van der Waals surface area contributed by atoms with Crippen LogP contribution in [0.3, 0.4) is 0 Å². The van der Waals surface area contributed by atoms with E-state index < -0.39 is 24.0 Å². The number of hydrogen-bond donors (Lipinski definition) is 1. The largest absolute Gasteiger partial charge is 0.525 e. The molecule has 0 bridgehead atoms. The molecule has 0 radical (unpaired) electrons. The van der Waals surface area contributed by atoms with Crippen molar-refractivity contribution in [3.05, 3.63) is 35.8 Å². The predicted molar refractivity (Wildman–Crippen MR) is 85.9 cm³/mol. The van der Waals surface area contributed by atoms with E-state index in [1.54, 1.807) is 13.1 Å². The lowest BCUT2D eigenvalue weighted by molar-refractivity contribution is 0.00578. The Morgan fingerprint density at radius 1 is 1.23 bits per heavy atom. The van der Waals surface area contributed by atoms with Crippen molar-refractivity contribution in [2.75, 3.05) is 0 Å². The highest BCUT2D eigenvalue weighted by molar-refractivity contribution is 6.55. The van der Waals surface area contributed by atoms with Gasteiger partial charge in [0, 0.05) is 22.9 Å². The van der Waals surface area contributed by atoms with Gasteiger partial charge in [-0.25, -0.2) is 9.37 Å². The maximum Gasteiger partial charge on any atom is 0.525 e. The molecule has 0 atom stereocenters. The van der Waals surface area contributed by atoms with Gasteiger partial charge in [0.2, 0.25) is 0 Å². The van der Waals surface area contributed by atoms with Gasteiger partial charge in [-0.1, -0.05) is 0 Å². The molecule has 116 valence electrons. The SMILES string of the molecule is CC(=C(F)B1OC(C)(C)C(C)(C)O1)c1cc2cccnc2[nH]1. The average Bonchev–Trinajstić information content (AvgIpc) is 2.96. The smallest absolute Gasteiger partial charge is 0.398 e. The molecule has 0 amide bonds. The van der Waals surface area contributed by atoms with E-state index in [4.69, 9.17) is 9.31 Å². The third-order valence-electron chi connectivity index (χ3n) is 4.61. The highest BCUT2D eigenvalue weighted by Crippen LogP contribution is 2.40. The number of aromatic nitrogens is 2. The minimum Gasteiger partial charge on any atom is -0.398 e. The van der Waals surface area contributed by atoms with Crippen molar-refractivity contribution in [2.24, 2.45) is 0 Å². The van der Waals surface area contributed by atoms with Crippen LogP contribution in [0, 0.1) is 0 Å². The van der Waals surface area contributed by atoms with E-state index >= 15 is 0 Å². The molecular weight excluding hydrogens is 282 g/mol. The Morgan fingerprint density at radius 3 is 2.45 bits per heavy atom. The number of rotatable bonds is 2. The van der Waals surface area contributed by atoms with Gasteiger partial charge in [0.15, 0.2) is 0 Å². The molecule has 0 aliphatic carbocycles. The average molecular weight is 302 g/mol. The molecule has 0 aromatic carbocycles. The Labute approximate surface area is 129 Å². The number of allylic oxidation sites excluding steroid dienone is 1. The lowest BCUT2D eigenvalue weighted by Gasteiger charge is -2.32. The third kappa shape index (κ3) is 2.36. The van der Waals surface area contributed by atoms with Crippen LogP contribution in [0.2, 0.25) is 0 Å². The summed E-state index contributed by atoms with van der Waals surface area (Å²) in [5, 5.41) is 0.943. The van der Waals surface area contributed by atoms with E-state index in [9.17, 15) is 4.39 Å². The topological polar surface area (TPSA) is 47.1 Å². The van der Waals surface area contributed by atoms with Crippen LogP contribution in [0.5, 0.6) is 0 Å². The number of halogens is 1. The van der Waals surface area contributed by atoms with Gasteiger partial charge < -0.3 is 14.3 Å². The summed E-state index contributed by atoms with van der Waals surface area (Å²) in [5.74, 6) is 0. The second-order valence-electron chi connectivity index (χ2n) is 6.69. The Balaban J connectivity index is 1.95. The molecule has 3 rings (SSSR count). The van der Waals surface area contributed by atoms with Crippen molar-refractivity contribution >= 4 is 23.7 Å². The number of aromatic amines is 1. The van der Waals surface area contributed by atoms with Gasteiger partial charge in [-0.3, -0.25) is 0 Å². The first-order valence-electron chi connectivity index (χ1n) is 7.37. The standard InChI is InChI=1S/C16H20BFN2O2/c1-10(12-9-11-7-6-8-19-14(11)20-12)13(18)17-21-15(2,3)16(4,5)22-17/h6-9H,1-5H3,(H,19,20). The molecule has 2 aromatic heterocycles.